The minimum absolute atomic E-state index is 0.164. The van der Waals surface area contributed by atoms with Crippen molar-refractivity contribution >= 4 is 11.7 Å². The predicted octanol–water partition coefficient (Wildman–Crippen LogP) is 3.58. The van der Waals surface area contributed by atoms with Crippen molar-refractivity contribution in [2.75, 3.05) is 0 Å². The molecule has 3 nitrogen and oxygen atoms in total. The molecule has 0 amide bonds. The van der Waals surface area contributed by atoms with Gasteiger partial charge in [0.2, 0.25) is 0 Å². The molecular weight excluding hydrogens is 302 g/mol. The van der Waals surface area contributed by atoms with Crippen LogP contribution < -0.4 is 5.48 Å². The highest BCUT2D eigenvalue weighted by atomic mass is 19.1. The molecule has 0 fully saturated rings. The minimum Gasteiger partial charge on any atom is -0.338 e. The normalized spacial score (nSPS) is 10.2. The number of hydrogen-bond acceptors (Lipinski definition) is 3. The standard InChI is InChI=1S/C15H9F4NO2/c1-8(10-6-5-9(16)7-13(10)19)20-22-15(21)14-11(17)3-2-4-12(14)18/h2-7,20H,1H2. The smallest absolute Gasteiger partial charge is 0.338 e. The van der Waals surface area contributed by atoms with Crippen LogP contribution in [-0.2, 0) is 4.84 Å². The molecule has 0 atom stereocenters. The topological polar surface area (TPSA) is 38.3 Å². The van der Waals surface area contributed by atoms with Gasteiger partial charge in [-0.1, -0.05) is 12.6 Å². The van der Waals surface area contributed by atoms with Crippen LogP contribution in [0.5, 0.6) is 0 Å². The number of carbonyl (C=O) groups excluding carboxylic acids is 1. The van der Waals surface area contributed by atoms with Crippen LogP contribution in [0.1, 0.15) is 15.9 Å². The van der Waals surface area contributed by atoms with Crippen molar-refractivity contribution in [3.63, 3.8) is 0 Å². The molecule has 0 heterocycles. The van der Waals surface area contributed by atoms with Gasteiger partial charge < -0.3 is 4.84 Å². The fraction of sp³-hybridized carbons (Fsp3) is 0. The Kier molecular flexibility index (Phi) is 4.45. The Morgan fingerprint density at radius 1 is 1.00 bits per heavy atom. The number of rotatable bonds is 4. The first-order valence-corrected chi connectivity index (χ1v) is 5.95. The average Bonchev–Trinajstić information content (AvgIpc) is 2.44. The summed E-state index contributed by atoms with van der Waals surface area (Å²) in [6.07, 6.45) is 0. The van der Waals surface area contributed by atoms with Crippen molar-refractivity contribution in [3.8, 4) is 0 Å². The van der Waals surface area contributed by atoms with Gasteiger partial charge >= 0.3 is 5.97 Å². The van der Waals surface area contributed by atoms with Crippen molar-refractivity contribution in [1.82, 2.24) is 5.48 Å². The molecule has 2 rings (SSSR count). The maximum atomic E-state index is 13.5. The summed E-state index contributed by atoms with van der Waals surface area (Å²) in [6.45, 7) is 3.39. The molecule has 0 spiro atoms. The second kappa shape index (κ2) is 6.30. The summed E-state index contributed by atoms with van der Waals surface area (Å²) in [5.74, 6) is -5.29. The molecule has 0 aliphatic carbocycles. The Balaban J connectivity index is 2.09. The molecule has 7 heteroatoms. The summed E-state index contributed by atoms with van der Waals surface area (Å²) in [5.41, 5.74) is 0.688. The fourth-order valence-electron chi connectivity index (χ4n) is 1.64. The van der Waals surface area contributed by atoms with Crippen molar-refractivity contribution in [1.29, 1.82) is 0 Å². The molecule has 0 radical (unpaired) electrons. The van der Waals surface area contributed by atoms with E-state index in [1.54, 1.807) is 0 Å². The van der Waals surface area contributed by atoms with E-state index in [1.807, 2.05) is 5.48 Å². The maximum Gasteiger partial charge on any atom is 0.368 e. The van der Waals surface area contributed by atoms with E-state index in [0.29, 0.717) is 6.07 Å². The molecule has 0 aliphatic heterocycles. The molecule has 2 aromatic carbocycles. The molecular formula is C15H9F4NO2. The first kappa shape index (κ1) is 15.6. The van der Waals surface area contributed by atoms with Crippen LogP contribution in [0.4, 0.5) is 17.6 Å². The SMILES string of the molecule is C=C(NOC(=O)c1c(F)cccc1F)c1ccc(F)cc1F. The summed E-state index contributed by atoms with van der Waals surface area (Å²) in [5, 5.41) is 0. The third-order valence-electron chi connectivity index (χ3n) is 2.69. The van der Waals surface area contributed by atoms with Gasteiger partial charge in [0, 0.05) is 11.6 Å². The number of halogens is 4. The van der Waals surface area contributed by atoms with Crippen LogP contribution >= 0.6 is 0 Å². The summed E-state index contributed by atoms with van der Waals surface area (Å²) in [4.78, 5) is 16.1. The van der Waals surface area contributed by atoms with Gasteiger partial charge in [-0.15, -0.1) is 0 Å². The van der Waals surface area contributed by atoms with Gasteiger partial charge in [-0.2, -0.15) is 0 Å². The van der Waals surface area contributed by atoms with E-state index in [0.717, 1.165) is 30.3 Å². The van der Waals surface area contributed by atoms with E-state index >= 15 is 0 Å². The highest BCUT2D eigenvalue weighted by molar-refractivity contribution is 5.90. The zero-order valence-corrected chi connectivity index (χ0v) is 11.0. The van der Waals surface area contributed by atoms with Gasteiger partial charge in [0.25, 0.3) is 0 Å². The lowest BCUT2D eigenvalue weighted by atomic mass is 10.1. The molecule has 0 saturated heterocycles. The van der Waals surface area contributed by atoms with Gasteiger partial charge in [-0.05, 0) is 24.3 Å². The molecule has 114 valence electrons. The Morgan fingerprint density at radius 2 is 1.64 bits per heavy atom. The van der Waals surface area contributed by atoms with Crippen LogP contribution in [0.25, 0.3) is 5.70 Å². The molecule has 0 unspecified atom stereocenters. The van der Waals surface area contributed by atoms with Gasteiger partial charge in [0.1, 0.15) is 28.8 Å². The maximum absolute atomic E-state index is 13.5. The lowest BCUT2D eigenvalue weighted by molar-refractivity contribution is 0.0357. The highest BCUT2D eigenvalue weighted by Gasteiger charge is 2.19. The number of hydroxylamine groups is 1. The number of nitrogens with one attached hydrogen (secondary N) is 1. The van der Waals surface area contributed by atoms with E-state index in [1.165, 1.54) is 0 Å². The zero-order chi connectivity index (χ0) is 16.3. The average molecular weight is 311 g/mol. The summed E-state index contributed by atoms with van der Waals surface area (Å²) >= 11 is 0. The fourth-order valence-corrected chi connectivity index (χ4v) is 1.64. The lowest BCUT2D eigenvalue weighted by Gasteiger charge is -2.11. The second-order valence-corrected chi connectivity index (χ2v) is 4.19. The summed E-state index contributed by atoms with van der Waals surface area (Å²) < 4.78 is 53.0. The number of hydrogen-bond donors (Lipinski definition) is 1. The third kappa shape index (κ3) is 3.25. The van der Waals surface area contributed by atoms with Crippen LogP contribution in [0.15, 0.2) is 43.0 Å². The van der Waals surface area contributed by atoms with E-state index in [4.69, 9.17) is 0 Å². The van der Waals surface area contributed by atoms with Crippen molar-refractivity contribution in [3.05, 3.63) is 77.4 Å². The summed E-state index contributed by atoms with van der Waals surface area (Å²) in [6, 6.07) is 5.51. The zero-order valence-electron chi connectivity index (χ0n) is 11.0. The molecule has 1 N–H and O–H groups in total. The van der Waals surface area contributed by atoms with Gasteiger partial charge in [-0.25, -0.2) is 27.8 Å². The van der Waals surface area contributed by atoms with Crippen molar-refractivity contribution in [2.24, 2.45) is 0 Å². The van der Waals surface area contributed by atoms with E-state index in [-0.39, 0.29) is 11.3 Å². The largest absolute Gasteiger partial charge is 0.368 e. The van der Waals surface area contributed by atoms with E-state index in [9.17, 15) is 22.4 Å². The first-order valence-electron chi connectivity index (χ1n) is 5.95. The van der Waals surface area contributed by atoms with Crippen LogP contribution in [0.3, 0.4) is 0 Å². The van der Waals surface area contributed by atoms with Gasteiger partial charge in [0.05, 0.1) is 5.70 Å². The Labute approximate surface area is 122 Å². The second-order valence-electron chi connectivity index (χ2n) is 4.19. The van der Waals surface area contributed by atoms with Crippen LogP contribution in [0.2, 0.25) is 0 Å². The lowest BCUT2D eigenvalue weighted by Crippen LogP contribution is -2.20. The molecule has 0 aromatic heterocycles. The van der Waals surface area contributed by atoms with Crippen molar-refractivity contribution < 1.29 is 27.2 Å². The van der Waals surface area contributed by atoms with Crippen LogP contribution in [-0.4, -0.2) is 5.97 Å². The van der Waals surface area contributed by atoms with E-state index in [2.05, 4.69) is 11.4 Å². The van der Waals surface area contributed by atoms with E-state index < -0.39 is 34.8 Å². The Morgan fingerprint density at radius 3 is 2.23 bits per heavy atom. The minimum atomic E-state index is -1.35. The van der Waals surface area contributed by atoms with Gasteiger partial charge in [-0.3, -0.25) is 0 Å². The highest BCUT2D eigenvalue weighted by Crippen LogP contribution is 2.17. The van der Waals surface area contributed by atoms with Crippen LogP contribution in [0, 0.1) is 23.3 Å². The number of benzene rings is 2. The molecule has 2 aromatic rings. The van der Waals surface area contributed by atoms with Gasteiger partial charge in [0.15, 0.2) is 0 Å². The first-order chi connectivity index (χ1) is 10.4. The Bertz CT molecular complexity index is 726. The molecule has 22 heavy (non-hydrogen) atoms. The quantitative estimate of drug-likeness (QED) is 0.693. The molecule has 0 aliphatic rings. The molecule has 0 bridgehead atoms. The number of carbonyl (C=O) groups is 1. The van der Waals surface area contributed by atoms with Crippen molar-refractivity contribution in [2.45, 2.75) is 0 Å². The monoisotopic (exact) mass is 311 g/mol. The summed E-state index contributed by atoms with van der Waals surface area (Å²) in [7, 11) is 0. The third-order valence-corrected chi connectivity index (χ3v) is 2.69. The molecule has 0 saturated carbocycles. The Hall–Kier alpha value is -2.83. The predicted molar refractivity (Wildman–Crippen MR) is 70.3 cm³/mol.